The molecule has 20 heavy (non-hydrogen) atoms. The Bertz CT molecular complexity index is 558. The van der Waals surface area contributed by atoms with E-state index >= 15 is 0 Å². The van der Waals surface area contributed by atoms with Crippen LogP contribution in [0.25, 0.3) is 0 Å². The molecule has 1 N–H and O–H groups in total. The second-order valence-corrected chi connectivity index (χ2v) is 4.95. The maximum atomic E-state index is 5.95. The number of aryl methyl sites for hydroxylation is 1. The van der Waals surface area contributed by atoms with Gasteiger partial charge in [0.2, 0.25) is 0 Å². The van der Waals surface area contributed by atoms with Crippen molar-refractivity contribution in [3.8, 4) is 5.75 Å². The van der Waals surface area contributed by atoms with Crippen LogP contribution in [0.3, 0.4) is 0 Å². The van der Waals surface area contributed by atoms with E-state index in [0.717, 1.165) is 35.8 Å². The highest BCUT2D eigenvalue weighted by atomic mass is 35.5. The summed E-state index contributed by atoms with van der Waals surface area (Å²) in [7, 11) is 0. The number of halogens is 1. The molecule has 4 nitrogen and oxygen atoms in total. The number of anilines is 1. The molecule has 0 aliphatic carbocycles. The summed E-state index contributed by atoms with van der Waals surface area (Å²) in [4.78, 5) is 8.60. The molecule has 0 unspecified atom stereocenters. The minimum atomic E-state index is 0.377. The third kappa shape index (κ3) is 4.10. The maximum Gasteiger partial charge on any atom is 0.144 e. The molecule has 2 aromatic rings. The van der Waals surface area contributed by atoms with Gasteiger partial charge in [0.15, 0.2) is 0 Å². The maximum absolute atomic E-state index is 5.95. The molecule has 5 heteroatoms. The molecule has 1 aromatic carbocycles. The van der Waals surface area contributed by atoms with Crippen LogP contribution in [0.1, 0.15) is 24.6 Å². The van der Waals surface area contributed by atoms with E-state index in [4.69, 9.17) is 16.3 Å². The van der Waals surface area contributed by atoms with Crippen molar-refractivity contribution < 1.29 is 4.74 Å². The van der Waals surface area contributed by atoms with Gasteiger partial charge in [0.05, 0.1) is 18.1 Å². The van der Waals surface area contributed by atoms with E-state index in [1.165, 1.54) is 0 Å². The van der Waals surface area contributed by atoms with Crippen molar-refractivity contribution in [1.29, 1.82) is 0 Å². The van der Waals surface area contributed by atoms with E-state index in [-0.39, 0.29) is 0 Å². The minimum absolute atomic E-state index is 0.377. The molecule has 2 rings (SSSR count). The van der Waals surface area contributed by atoms with Gasteiger partial charge in [0, 0.05) is 11.6 Å². The molecule has 0 bridgehead atoms. The van der Waals surface area contributed by atoms with Gasteiger partial charge >= 0.3 is 0 Å². The lowest BCUT2D eigenvalue weighted by molar-refractivity contribution is 0.299. The van der Waals surface area contributed by atoms with Crippen LogP contribution < -0.4 is 10.1 Å². The molecule has 106 valence electrons. The van der Waals surface area contributed by atoms with Crippen molar-refractivity contribution >= 4 is 17.4 Å². The number of rotatable bonds is 6. The number of aromatic nitrogens is 2. The third-order valence-corrected chi connectivity index (χ3v) is 3.02. The average Bonchev–Trinajstić information content (AvgIpc) is 2.47. The molecular formula is C15H18ClN3O. The first-order valence-corrected chi connectivity index (χ1v) is 7.00. The quantitative estimate of drug-likeness (QED) is 0.878. The van der Waals surface area contributed by atoms with Crippen molar-refractivity contribution in [2.75, 3.05) is 11.9 Å². The summed E-state index contributed by atoms with van der Waals surface area (Å²) in [5, 5.41) is 3.84. The van der Waals surface area contributed by atoms with Gasteiger partial charge in [0.25, 0.3) is 0 Å². The van der Waals surface area contributed by atoms with E-state index in [1.54, 1.807) is 12.4 Å². The van der Waals surface area contributed by atoms with Crippen LogP contribution in [0, 0.1) is 6.92 Å². The molecule has 0 spiro atoms. The number of hydrogen-bond acceptors (Lipinski definition) is 4. The molecule has 1 heterocycles. The monoisotopic (exact) mass is 291 g/mol. The van der Waals surface area contributed by atoms with Gasteiger partial charge in [0.1, 0.15) is 18.2 Å². The zero-order valence-electron chi connectivity index (χ0n) is 11.7. The minimum Gasteiger partial charge on any atom is -0.487 e. The Morgan fingerprint density at radius 2 is 2.10 bits per heavy atom. The SMILES string of the molecule is CCCNc1cnc(COc2cc(Cl)ccc2C)cn1. The summed E-state index contributed by atoms with van der Waals surface area (Å²) in [6.45, 7) is 5.36. The number of benzene rings is 1. The zero-order valence-corrected chi connectivity index (χ0v) is 12.4. The van der Waals surface area contributed by atoms with E-state index in [9.17, 15) is 0 Å². The molecule has 0 fully saturated rings. The Balaban J connectivity index is 1.95. The molecule has 0 radical (unpaired) electrons. The lowest BCUT2D eigenvalue weighted by atomic mass is 10.2. The Hall–Kier alpha value is -1.81. The number of ether oxygens (including phenoxy) is 1. The summed E-state index contributed by atoms with van der Waals surface area (Å²) in [5.74, 6) is 1.56. The van der Waals surface area contributed by atoms with E-state index in [1.807, 2.05) is 25.1 Å². The fraction of sp³-hybridized carbons (Fsp3) is 0.333. The molecule has 0 atom stereocenters. The highest BCUT2D eigenvalue weighted by molar-refractivity contribution is 6.30. The van der Waals surface area contributed by atoms with Crippen LogP contribution in [0.15, 0.2) is 30.6 Å². The molecule has 0 aliphatic heterocycles. The first kappa shape index (κ1) is 14.6. The first-order chi connectivity index (χ1) is 9.69. The van der Waals surface area contributed by atoms with E-state index in [2.05, 4.69) is 22.2 Å². The third-order valence-electron chi connectivity index (χ3n) is 2.79. The Morgan fingerprint density at radius 3 is 2.80 bits per heavy atom. The number of hydrogen-bond donors (Lipinski definition) is 1. The molecule has 1 aromatic heterocycles. The van der Waals surface area contributed by atoms with Gasteiger partial charge in [-0.3, -0.25) is 4.98 Å². The Kier molecular flexibility index (Phi) is 5.18. The lowest BCUT2D eigenvalue weighted by Gasteiger charge is -2.09. The first-order valence-electron chi connectivity index (χ1n) is 6.62. The smallest absolute Gasteiger partial charge is 0.144 e. The normalized spacial score (nSPS) is 10.3. The van der Waals surface area contributed by atoms with Gasteiger partial charge in [-0.25, -0.2) is 4.98 Å². The predicted molar refractivity (Wildman–Crippen MR) is 81.3 cm³/mol. The van der Waals surface area contributed by atoms with Crippen LogP contribution in [-0.4, -0.2) is 16.5 Å². The largest absolute Gasteiger partial charge is 0.487 e. The fourth-order valence-electron chi connectivity index (χ4n) is 1.65. The van der Waals surface area contributed by atoms with Crippen molar-refractivity contribution in [1.82, 2.24) is 9.97 Å². The Morgan fingerprint density at radius 1 is 1.25 bits per heavy atom. The van der Waals surface area contributed by atoms with Crippen LogP contribution in [0.5, 0.6) is 5.75 Å². The zero-order chi connectivity index (χ0) is 14.4. The topological polar surface area (TPSA) is 47.0 Å². The van der Waals surface area contributed by atoms with Crippen molar-refractivity contribution in [3.63, 3.8) is 0 Å². The molecule has 0 aliphatic rings. The van der Waals surface area contributed by atoms with Gasteiger partial charge < -0.3 is 10.1 Å². The van der Waals surface area contributed by atoms with Crippen LogP contribution >= 0.6 is 11.6 Å². The fourth-order valence-corrected chi connectivity index (χ4v) is 1.82. The lowest BCUT2D eigenvalue weighted by Crippen LogP contribution is -2.05. The summed E-state index contributed by atoms with van der Waals surface area (Å²) < 4.78 is 5.72. The van der Waals surface area contributed by atoms with E-state index in [0.29, 0.717) is 11.6 Å². The summed E-state index contributed by atoms with van der Waals surface area (Å²) in [6, 6.07) is 5.58. The van der Waals surface area contributed by atoms with Crippen molar-refractivity contribution in [2.24, 2.45) is 0 Å². The molecule has 0 amide bonds. The van der Waals surface area contributed by atoms with Crippen LogP contribution in [0.4, 0.5) is 5.82 Å². The summed E-state index contributed by atoms with van der Waals surface area (Å²) >= 11 is 5.95. The summed E-state index contributed by atoms with van der Waals surface area (Å²) in [5.41, 5.74) is 1.83. The molecular weight excluding hydrogens is 274 g/mol. The molecule has 0 saturated heterocycles. The van der Waals surface area contributed by atoms with Gasteiger partial charge in [-0.05, 0) is 31.0 Å². The summed E-state index contributed by atoms with van der Waals surface area (Å²) in [6.07, 6.45) is 4.50. The second kappa shape index (κ2) is 7.10. The number of nitrogens with one attached hydrogen (secondary N) is 1. The standard InChI is InChI=1S/C15H18ClN3O/c1-3-6-17-15-9-18-13(8-19-15)10-20-14-7-12(16)5-4-11(14)2/h4-5,7-9H,3,6,10H2,1-2H3,(H,17,19). The van der Waals surface area contributed by atoms with Crippen molar-refractivity contribution in [3.05, 3.63) is 46.9 Å². The highest BCUT2D eigenvalue weighted by Gasteiger charge is 2.03. The van der Waals surface area contributed by atoms with Crippen LogP contribution in [-0.2, 0) is 6.61 Å². The van der Waals surface area contributed by atoms with Crippen LogP contribution in [0.2, 0.25) is 5.02 Å². The molecule has 0 saturated carbocycles. The van der Waals surface area contributed by atoms with Gasteiger partial charge in [-0.15, -0.1) is 0 Å². The Labute approximate surface area is 124 Å². The van der Waals surface area contributed by atoms with E-state index < -0.39 is 0 Å². The number of nitrogens with zero attached hydrogens (tertiary/aromatic N) is 2. The van der Waals surface area contributed by atoms with Gasteiger partial charge in [-0.1, -0.05) is 24.6 Å². The van der Waals surface area contributed by atoms with Gasteiger partial charge in [-0.2, -0.15) is 0 Å². The average molecular weight is 292 g/mol. The predicted octanol–water partition coefficient (Wildman–Crippen LogP) is 3.84. The second-order valence-electron chi connectivity index (χ2n) is 4.52. The van der Waals surface area contributed by atoms with Crippen molar-refractivity contribution in [2.45, 2.75) is 26.9 Å². The highest BCUT2D eigenvalue weighted by Crippen LogP contribution is 2.23.